The van der Waals surface area contributed by atoms with E-state index < -0.39 is 0 Å². The summed E-state index contributed by atoms with van der Waals surface area (Å²) >= 11 is 0. The molecule has 0 aliphatic carbocycles. The van der Waals surface area contributed by atoms with Gasteiger partial charge in [-0.3, -0.25) is 9.59 Å². The van der Waals surface area contributed by atoms with E-state index in [0.717, 1.165) is 31.5 Å². The zero-order chi connectivity index (χ0) is 18.1. The van der Waals surface area contributed by atoms with Crippen LogP contribution in [0.1, 0.15) is 45.4 Å². The van der Waals surface area contributed by atoms with Gasteiger partial charge >= 0.3 is 0 Å². The molecule has 1 aromatic rings. The standard InChI is InChI=1S/C19H28FN3O2/c1-2-11-21-18(24)9-4-10-19(25)22-16-7-5-12-23(14-16)17-8-3-6-15(20)13-17/h3,6,8,13,16H,2,4-5,7,9-12,14H2,1H3,(H,21,24)(H,22,25)/t16-/m0/s1. The van der Waals surface area contributed by atoms with Gasteiger partial charge in [-0.15, -0.1) is 0 Å². The molecule has 5 nitrogen and oxygen atoms in total. The second-order valence-electron chi connectivity index (χ2n) is 6.54. The highest BCUT2D eigenvalue weighted by Gasteiger charge is 2.21. The molecule has 1 aromatic carbocycles. The molecule has 0 radical (unpaired) electrons. The van der Waals surface area contributed by atoms with E-state index in [1.807, 2.05) is 13.0 Å². The normalized spacial score (nSPS) is 17.2. The summed E-state index contributed by atoms with van der Waals surface area (Å²) in [5.74, 6) is -0.260. The molecule has 138 valence electrons. The highest BCUT2D eigenvalue weighted by Crippen LogP contribution is 2.20. The quantitative estimate of drug-likeness (QED) is 0.758. The number of carbonyl (C=O) groups excluding carboxylic acids is 2. The lowest BCUT2D eigenvalue weighted by Crippen LogP contribution is -2.47. The zero-order valence-corrected chi connectivity index (χ0v) is 14.9. The maximum atomic E-state index is 13.4. The van der Waals surface area contributed by atoms with Crippen molar-refractivity contribution in [3.63, 3.8) is 0 Å². The molecule has 0 unspecified atom stereocenters. The number of hydrogen-bond donors (Lipinski definition) is 2. The Morgan fingerprint density at radius 3 is 2.84 bits per heavy atom. The van der Waals surface area contributed by atoms with Crippen molar-refractivity contribution in [2.24, 2.45) is 0 Å². The average molecular weight is 349 g/mol. The van der Waals surface area contributed by atoms with Crippen LogP contribution in [0, 0.1) is 5.82 Å². The van der Waals surface area contributed by atoms with E-state index in [0.29, 0.717) is 32.4 Å². The van der Waals surface area contributed by atoms with Crippen LogP contribution in [0.5, 0.6) is 0 Å². The van der Waals surface area contributed by atoms with Gasteiger partial charge in [-0.05, 0) is 43.9 Å². The molecule has 0 bridgehead atoms. The molecule has 0 aromatic heterocycles. The number of hydrogen-bond acceptors (Lipinski definition) is 3. The predicted octanol–water partition coefficient (Wildman–Crippen LogP) is 2.61. The topological polar surface area (TPSA) is 61.4 Å². The number of benzene rings is 1. The molecular weight excluding hydrogens is 321 g/mol. The van der Waals surface area contributed by atoms with Crippen molar-refractivity contribution >= 4 is 17.5 Å². The van der Waals surface area contributed by atoms with Gasteiger partial charge in [-0.2, -0.15) is 0 Å². The third kappa shape index (κ3) is 6.72. The van der Waals surface area contributed by atoms with Crippen molar-refractivity contribution in [1.82, 2.24) is 10.6 Å². The smallest absolute Gasteiger partial charge is 0.220 e. The number of amides is 2. The van der Waals surface area contributed by atoms with Crippen molar-refractivity contribution in [1.29, 1.82) is 0 Å². The molecule has 25 heavy (non-hydrogen) atoms. The van der Waals surface area contributed by atoms with Crippen molar-refractivity contribution in [2.45, 2.75) is 51.5 Å². The monoisotopic (exact) mass is 349 g/mol. The Labute approximate surface area is 149 Å². The van der Waals surface area contributed by atoms with E-state index in [2.05, 4.69) is 15.5 Å². The second kappa shape index (κ2) is 10.0. The number of nitrogens with zero attached hydrogens (tertiary/aromatic N) is 1. The molecule has 1 aliphatic heterocycles. The maximum absolute atomic E-state index is 13.4. The van der Waals surface area contributed by atoms with Gasteiger partial charge in [-0.25, -0.2) is 4.39 Å². The third-order valence-electron chi connectivity index (χ3n) is 4.34. The molecule has 2 amide bonds. The van der Waals surface area contributed by atoms with Crippen LogP contribution >= 0.6 is 0 Å². The average Bonchev–Trinajstić information content (AvgIpc) is 2.60. The third-order valence-corrected chi connectivity index (χ3v) is 4.34. The molecule has 2 N–H and O–H groups in total. The molecule has 2 rings (SSSR count). The Hall–Kier alpha value is -2.11. The highest BCUT2D eigenvalue weighted by atomic mass is 19.1. The van der Waals surface area contributed by atoms with Gasteiger partial charge in [0.2, 0.25) is 11.8 Å². The van der Waals surface area contributed by atoms with Crippen molar-refractivity contribution in [3.8, 4) is 0 Å². The lowest BCUT2D eigenvalue weighted by molar-refractivity contribution is -0.122. The van der Waals surface area contributed by atoms with Crippen LogP contribution in [0.25, 0.3) is 0 Å². The number of nitrogens with one attached hydrogen (secondary N) is 2. The van der Waals surface area contributed by atoms with Gasteiger partial charge in [0.1, 0.15) is 5.82 Å². The van der Waals surface area contributed by atoms with Gasteiger partial charge in [0.05, 0.1) is 0 Å². The van der Waals surface area contributed by atoms with Gasteiger partial charge < -0.3 is 15.5 Å². The van der Waals surface area contributed by atoms with Crippen molar-refractivity contribution in [2.75, 3.05) is 24.5 Å². The fourth-order valence-electron chi connectivity index (χ4n) is 3.06. The Kier molecular flexibility index (Phi) is 7.70. The molecule has 6 heteroatoms. The van der Waals surface area contributed by atoms with Crippen LogP contribution in [-0.4, -0.2) is 37.5 Å². The summed E-state index contributed by atoms with van der Waals surface area (Å²) in [7, 11) is 0. The molecular formula is C19H28FN3O2. The fraction of sp³-hybridized carbons (Fsp3) is 0.579. The highest BCUT2D eigenvalue weighted by molar-refractivity contribution is 5.79. The van der Waals surface area contributed by atoms with Gasteiger partial charge in [-0.1, -0.05) is 13.0 Å². The SMILES string of the molecule is CCCNC(=O)CCCC(=O)N[C@H]1CCCN(c2cccc(F)c2)C1. The number of piperidine rings is 1. The zero-order valence-electron chi connectivity index (χ0n) is 14.9. The first-order chi connectivity index (χ1) is 12.1. The summed E-state index contributed by atoms with van der Waals surface area (Å²) in [6.07, 6.45) is 4.09. The van der Waals surface area contributed by atoms with E-state index in [9.17, 15) is 14.0 Å². The Bertz CT molecular complexity index is 580. The van der Waals surface area contributed by atoms with Crippen LogP contribution in [0.15, 0.2) is 24.3 Å². The Balaban J connectivity index is 1.72. The van der Waals surface area contributed by atoms with Gasteiger partial charge in [0.25, 0.3) is 0 Å². The molecule has 0 spiro atoms. The summed E-state index contributed by atoms with van der Waals surface area (Å²) in [5, 5.41) is 5.85. The molecule has 1 atom stereocenters. The van der Waals surface area contributed by atoms with Crippen LogP contribution in [0.3, 0.4) is 0 Å². The van der Waals surface area contributed by atoms with Gasteiger partial charge in [0, 0.05) is 44.2 Å². The van der Waals surface area contributed by atoms with Crippen LogP contribution in [0.2, 0.25) is 0 Å². The minimum atomic E-state index is -0.245. The molecule has 1 heterocycles. The van der Waals surface area contributed by atoms with E-state index >= 15 is 0 Å². The predicted molar refractivity (Wildman–Crippen MR) is 96.9 cm³/mol. The number of anilines is 1. The maximum Gasteiger partial charge on any atom is 0.220 e. The lowest BCUT2D eigenvalue weighted by atomic mass is 10.0. The number of rotatable bonds is 8. The van der Waals surface area contributed by atoms with E-state index in [1.165, 1.54) is 12.1 Å². The summed E-state index contributed by atoms with van der Waals surface area (Å²) < 4.78 is 13.4. The van der Waals surface area contributed by atoms with E-state index in [4.69, 9.17) is 0 Å². The molecule has 1 saturated heterocycles. The first-order valence-electron chi connectivity index (χ1n) is 9.15. The van der Waals surface area contributed by atoms with E-state index in [1.54, 1.807) is 6.07 Å². The van der Waals surface area contributed by atoms with Crippen molar-refractivity contribution < 1.29 is 14.0 Å². The number of carbonyl (C=O) groups is 2. The minimum absolute atomic E-state index is 0.00426. The molecule has 1 fully saturated rings. The number of halogens is 1. The largest absolute Gasteiger partial charge is 0.369 e. The molecule has 0 saturated carbocycles. The van der Waals surface area contributed by atoms with Crippen LogP contribution < -0.4 is 15.5 Å². The second-order valence-corrected chi connectivity index (χ2v) is 6.54. The van der Waals surface area contributed by atoms with E-state index in [-0.39, 0.29) is 23.7 Å². The van der Waals surface area contributed by atoms with Crippen LogP contribution in [-0.2, 0) is 9.59 Å². The lowest BCUT2D eigenvalue weighted by Gasteiger charge is -2.34. The first-order valence-corrected chi connectivity index (χ1v) is 9.15. The summed E-state index contributed by atoms with van der Waals surface area (Å²) in [6, 6.07) is 6.62. The Morgan fingerprint density at radius 2 is 2.08 bits per heavy atom. The van der Waals surface area contributed by atoms with Crippen molar-refractivity contribution in [3.05, 3.63) is 30.1 Å². The Morgan fingerprint density at radius 1 is 1.28 bits per heavy atom. The van der Waals surface area contributed by atoms with Gasteiger partial charge in [0.15, 0.2) is 0 Å². The fourth-order valence-corrected chi connectivity index (χ4v) is 3.06. The molecule has 1 aliphatic rings. The summed E-state index contributed by atoms with van der Waals surface area (Å²) in [6.45, 7) is 4.24. The first kappa shape index (κ1) is 19.2. The summed E-state index contributed by atoms with van der Waals surface area (Å²) in [4.78, 5) is 25.7. The summed E-state index contributed by atoms with van der Waals surface area (Å²) in [5.41, 5.74) is 0.853. The minimum Gasteiger partial charge on any atom is -0.369 e. The van der Waals surface area contributed by atoms with Crippen LogP contribution in [0.4, 0.5) is 10.1 Å².